The highest BCUT2D eigenvalue weighted by molar-refractivity contribution is 7.15. The molecule has 0 aliphatic carbocycles. The highest BCUT2D eigenvalue weighted by Crippen LogP contribution is 2.23. The highest BCUT2D eigenvalue weighted by Gasteiger charge is 2.08. The molecule has 2 heterocycles. The van der Waals surface area contributed by atoms with Crippen LogP contribution in [0.25, 0.3) is 16.2 Å². The Morgan fingerprint density at radius 1 is 1.12 bits per heavy atom. The number of nitrogens with one attached hydrogen (secondary N) is 1. The molecule has 0 aliphatic rings. The minimum atomic E-state index is -0.209. The van der Waals surface area contributed by atoms with Crippen molar-refractivity contribution in [1.82, 2.24) is 9.38 Å². The standard InChI is InChI=1S/C19H12N4OS/c20-11-13-1-3-15(4-2-13)18(24)21-16-7-5-14(6-8-16)17-12-23-9-10-25-19(23)22-17/h1-10,12H,(H,21,24). The topological polar surface area (TPSA) is 70.2 Å². The monoisotopic (exact) mass is 344 g/mol. The molecule has 1 N–H and O–H groups in total. The van der Waals surface area contributed by atoms with Gasteiger partial charge in [-0.1, -0.05) is 12.1 Å². The molecule has 6 heteroatoms. The number of carbonyl (C=O) groups excluding carboxylic acids is 1. The van der Waals surface area contributed by atoms with Gasteiger partial charge in [-0.05, 0) is 36.4 Å². The van der Waals surface area contributed by atoms with Gasteiger partial charge in [0.1, 0.15) is 0 Å². The van der Waals surface area contributed by atoms with Gasteiger partial charge in [-0.2, -0.15) is 5.26 Å². The van der Waals surface area contributed by atoms with Crippen LogP contribution >= 0.6 is 11.3 Å². The maximum Gasteiger partial charge on any atom is 0.255 e. The van der Waals surface area contributed by atoms with E-state index < -0.39 is 0 Å². The third-order valence-electron chi connectivity index (χ3n) is 3.81. The van der Waals surface area contributed by atoms with E-state index in [1.54, 1.807) is 35.6 Å². The second-order valence-corrected chi connectivity index (χ2v) is 6.31. The van der Waals surface area contributed by atoms with E-state index in [-0.39, 0.29) is 5.91 Å². The number of nitrogens with zero attached hydrogens (tertiary/aromatic N) is 3. The average Bonchev–Trinajstić information content (AvgIpc) is 3.24. The Morgan fingerprint density at radius 2 is 1.88 bits per heavy atom. The SMILES string of the molecule is N#Cc1ccc(C(=O)Nc2ccc(-c3cn4ccsc4n3)cc2)cc1. The first-order valence-corrected chi connectivity index (χ1v) is 8.45. The largest absolute Gasteiger partial charge is 0.322 e. The lowest BCUT2D eigenvalue weighted by atomic mass is 10.1. The maximum absolute atomic E-state index is 12.2. The van der Waals surface area contributed by atoms with Crippen LogP contribution in [0.4, 0.5) is 5.69 Å². The van der Waals surface area contributed by atoms with Crippen LogP contribution in [0, 0.1) is 11.3 Å². The van der Waals surface area contributed by atoms with Crippen LogP contribution in [-0.4, -0.2) is 15.3 Å². The van der Waals surface area contributed by atoms with Crippen molar-refractivity contribution in [2.75, 3.05) is 5.32 Å². The van der Waals surface area contributed by atoms with Gasteiger partial charge in [0, 0.05) is 34.6 Å². The highest BCUT2D eigenvalue weighted by atomic mass is 32.1. The minimum absolute atomic E-state index is 0.209. The Kier molecular flexibility index (Phi) is 3.77. The zero-order valence-corrected chi connectivity index (χ0v) is 13.8. The lowest BCUT2D eigenvalue weighted by Gasteiger charge is -2.06. The molecule has 0 fully saturated rings. The maximum atomic E-state index is 12.2. The van der Waals surface area contributed by atoms with Gasteiger partial charge in [0.05, 0.1) is 17.3 Å². The van der Waals surface area contributed by atoms with E-state index in [0.29, 0.717) is 16.8 Å². The second kappa shape index (κ2) is 6.23. The molecular weight excluding hydrogens is 332 g/mol. The summed E-state index contributed by atoms with van der Waals surface area (Å²) in [5.74, 6) is -0.209. The molecule has 25 heavy (non-hydrogen) atoms. The number of hydrogen-bond donors (Lipinski definition) is 1. The number of amides is 1. The van der Waals surface area contributed by atoms with Crippen LogP contribution in [0.3, 0.4) is 0 Å². The summed E-state index contributed by atoms with van der Waals surface area (Å²) in [6.07, 6.45) is 3.96. The van der Waals surface area contributed by atoms with Gasteiger partial charge in [0.15, 0.2) is 4.96 Å². The molecule has 0 unspecified atom stereocenters. The Balaban J connectivity index is 1.50. The normalized spacial score (nSPS) is 10.5. The van der Waals surface area contributed by atoms with Crippen LogP contribution in [-0.2, 0) is 0 Å². The van der Waals surface area contributed by atoms with Crippen LogP contribution in [0.1, 0.15) is 15.9 Å². The molecule has 2 aromatic heterocycles. The van der Waals surface area contributed by atoms with E-state index in [9.17, 15) is 4.79 Å². The summed E-state index contributed by atoms with van der Waals surface area (Å²) in [6.45, 7) is 0. The lowest BCUT2D eigenvalue weighted by molar-refractivity contribution is 0.102. The molecule has 4 rings (SSSR count). The fourth-order valence-electron chi connectivity index (χ4n) is 2.49. The van der Waals surface area contributed by atoms with Crippen LogP contribution in [0.2, 0.25) is 0 Å². The average molecular weight is 344 g/mol. The summed E-state index contributed by atoms with van der Waals surface area (Å²) in [6, 6.07) is 16.1. The van der Waals surface area contributed by atoms with Crippen molar-refractivity contribution in [2.24, 2.45) is 0 Å². The summed E-state index contributed by atoms with van der Waals surface area (Å²) in [5.41, 5.74) is 3.64. The number of hydrogen-bond acceptors (Lipinski definition) is 4. The molecule has 120 valence electrons. The Labute approximate surface area is 147 Å². The van der Waals surface area contributed by atoms with E-state index in [4.69, 9.17) is 5.26 Å². The number of aromatic nitrogens is 2. The van der Waals surface area contributed by atoms with E-state index in [1.807, 2.05) is 52.5 Å². The summed E-state index contributed by atoms with van der Waals surface area (Å²) in [7, 11) is 0. The quantitative estimate of drug-likeness (QED) is 0.606. The van der Waals surface area contributed by atoms with Gasteiger partial charge in [0.2, 0.25) is 0 Å². The van der Waals surface area contributed by atoms with Crippen LogP contribution in [0.15, 0.2) is 66.3 Å². The zero-order valence-electron chi connectivity index (χ0n) is 13.0. The van der Waals surface area contributed by atoms with Crippen LogP contribution in [0.5, 0.6) is 0 Å². The fourth-order valence-corrected chi connectivity index (χ4v) is 3.19. The van der Waals surface area contributed by atoms with E-state index in [0.717, 1.165) is 16.2 Å². The summed E-state index contributed by atoms with van der Waals surface area (Å²) < 4.78 is 1.99. The fraction of sp³-hybridized carbons (Fsp3) is 0. The van der Waals surface area contributed by atoms with Crippen molar-refractivity contribution in [1.29, 1.82) is 5.26 Å². The van der Waals surface area contributed by atoms with E-state index in [1.165, 1.54) is 0 Å². The first-order chi connectivity index (χ1) is 12.2. The Morgan fingerprint density at radius 3 is 2.56 bits per heavy atom. The van der Waals surface area contributed by atoms with Gasteiger partial charge in [0.25, 0.3) is 5.91 Å². The molecule has 5 nitrogen and oxygen atoms in total. The zero-order chi connectivity index (χ0) is 17.2. The van der Waals surface area contributed by atoms with Crippen LogP contribution < -0.4 is 5.32 Å². The number of carbonyl (C=O) groups is 1. The van der Waals surface area contributed by atoms with Gasteiger partial charge < -0.3 is 5.32 Å². The van der Waals surface area contributed by atoms with Crippen molar-refractivity contribution in [3.8, 4) is 17.3 Å². The summed E-state index contributed by atoms with van der Waals surface area (Å²) >= 11 is 1.59. The molecular formula is C19H12N4OS. The molecule has 0 aliphatic heterocycles. The van der Waals surface area contributed by atoms with Gasteiger partial charge in [-0.3, -0.25) is 9.20 Å². The minimum Gasteiger partial charge on any atom is -0.322 e. The van der Waals surface area contributed by atoms with Gasteiger partial charge in [-0.15, -0.1) is 11.3 Å². The van der Waals surface area contributed by atoms with E-state index in [2.05, 4.69) is 10.3 Å². The predicted molar refractivity (Wildman–Crippen MR) is 97.6 cm³/mol. The van der Waals surface area contributed by atoms with Gasteiger partial charge in [-0.25, -0.2) is 4.98 Å². The number of fused-ring (bicyclic) bond motifs is 1. The number of imidazole rings is 1. The molecule has 0 atom stereocenters. The number of nitriles is 1. The number of rotatable bonds is 3. The third kappa shape index (κ3) is 3.01. The van der Waals surface area contributed by atoms with Crippen molar-refractivity contribution in [3.63, 3.8) is 0 Å². The molecule has 0 saturated heterocycles. The lowest BCUT2D eigenvalue weighted by Crippen LogP contribution is -2.11. The second-order valence-electron chi connectivity index (χ2n) is 5.44. The molecule has 4 aromatic rings. The smallest absolute Gasteiger partial charge is 0.255 e. The van der Waals surface area contributed by atoms with Crippen molar-refractivity contribution in [3.05, 3.63) is 77.4 Å². The van der Waals surface area contributed by atoms with Crippen molar-refractivity contribution >= 4 is 27.9 Å². The molecule has 0 spiro atoms. The summed E-state index contributed by atoms with van der Waals surface area (Å²) in [4.78, 5) is 17.8. The Hall–Kier alpha value is -3.43. The summed E-state index contributed by atoms with van der Waals surface area (Å²) in [5, 5.41) is 13.6. The number of anilines is 1. The number of benzene rings is 2. The van der Waals surface area contributed by atoms with Crippen molar-refractivity contribution < 1.29 is 4.79 Å². The molecule has 0 radical (unpaired) electrons. The molecule has 2 aromatic carbocycles. The third-order valence-corrected chi connectivity index (χ3v) is 4.58. The van der Waals surface area contributed by atoms with Gasteiger partial charge >= 0.3 is 0 Å². The molecule has 0 saturated carbocycles. The Bertz CT molecular complexity index is 1060. The first kappa shape index (κ1) is 15.1. The van der Waals surface area contributed by atoms with E-state index >= 15 is 0 Å². The first-order valence-electron chi connectivity index (χ1n) is 7.57. The number of thiazole rings is 1. The van der Waals surface area contributed by atoms with Crippen molar-refractivity contribution in [2.45, 2.75) is 0 Å². The molecule has 1 amide bonds. The molecule has 0 bridgehead atoms. The predicted octanol–water partition coefficient (Wildman–Crippen LogP) is 4.19.